The molecule has 0 aromatic carbocycles. The highest BCUT2D eigenvalue weighted by Crippen LogP contribution is 2.28. The minimum Gasteiger partial charge on any atom is -0.352 e. The van der Waals surface area contributed by atoms with Gasteiger partial charge in [0.05, 0.1) is 0 Å². The van der Waals surface area contributed by atoms with Gasteiger partial charge < -0.3 is 11.1 Å². The van der Waals surface area contributed by atoms with Crippen LogP contribution in [0.5, 0.6) is 0 Å². The summed E-state index contributed by atoms with van der Waals surface area (Å²) in [5.74, 6) is -0.0424. The summed E-state index contributed by atoms with van der Waals surface area (Å²) in [4.78, 5) is 12.9. The fourth-order valence-electron chi connectivity index (χ4n) is 2.17. The molecular formula is C12H18N2OS2. The maximum atomic E-state index is 12.0. The fraction of sp³-hybridized carbons (Fsp3) is 0.583. The monoisotopic (exact) mass is 270 g/mol. The summed E-state index contributed by atoms with van der Waals surface area (Å²) >= 11 is 3.42. The Bertz CT molecular complexity index is 367. The second-order valence-corrected chi connectivity index (χ2v) is 6.49. The summed E-state index contributed by atoms with van der Waals surface area (Å²) < 4.78 is 0. The fourth-order valence-corrected chi connectivity index (χ4v) is 3.70. The smallest absolute Gasteiger partial charge is 0.242 e. The molecule has 3 unspecified atom stereocenters. The first-order valence-corrected chi connectivity index (χ1v) is 7.99. The maximum Gasteiger partial charge on any atom is 0.242 e. The molecule has 1 aliphatic carbocycles. The zero-order chi connectivity index (χ0) is 12.3. The molecular weight excluding hydrogens is 252 g/mol. The second-order valence-electron chi connectivity index (χ2n) is 4.37. The van der Waals surface area contributed by atoms with Gasteiger partial charge in [-0.05, 0) is 37.0 Å². The Morgan fingerprint density at radius 3 is 3.06 bits per heavy atom. The van der Waals surface area contributed by atoms with Crippen LogP contribution >= 0.6 is 23.1 Å². The van der Waals surface area contributed by atoms with Crippen molar-refractivity contribution in [3.05, 3.63) is 22.4 Å². The molecule has 94 valence electrons. The van der Waals surface area contributed by atoms with E-state index >= 15 is 0 Å². The van der Waals surface area contributed by atoms with E-state index < -0.39 is 6.04 Å². The molecule has 2 rings (SSSR count). The maximum absolute atomic E-state index is 12.0. The van der Waals surface area contributed by atoms with Crippen LogP contribution in [0.2, 0.25) is 0 Å². The molecule has 5 heteroatoms. The number of thiophene rings is 1. The number of hydrogen-bond acceptors (Lipinski definition) is 4. The van der Waals surface area contributed by atoms with Crippen LogP contribution < -0.4 is 11.1 Å². The molecule has 0 bridgehead atoms. The van der Waals surface area contributed by atoms with Gasteiger partial charge in [0.2, 0.25) is 5.91 Å². The van der Waals surface area contributed by atoms with Crippen LogP contribution in [-0.4, -0.2) is 23.5 Å². The van der Waals surface area contributed by atoms with Gasteiger partial charge in [-0.2, -0.15) is 11.8 Å². The largest absolute Gasteiger partial charge is 0.352 e. The van der Waals surface area contributed by atoms with E-state index in [-0.39, 0.29) is 5.91 Å². The van der Waals surface area contributed by atoms with Crippen molar-refractivity contribution >= 4 is 29.0 Å². The van der Waals surface area contributed by atoms with Crippen LogP contribution in [0.25, 0.3) is 0 Å². The Kier molecular flexibility index (Phi) is 4.48. The van der Waals surface area contributed by atoms with Gasteiger partial charge in [-0.1, -0.05) is 6.07 Å². The molecule has 1 fully saturated rings. The van der Waals surface area contributed by atoms with Crippen LogP contribution in [0.15, 0.2) is 17.5 Å². The Balaban J connectivity index is 1.85. The summed E-state index contributed by atoms with van der Waals surface area (Å²) in [7, 11) is 0. The van der Waals surface area contributed by atoms with E-state index in [1.807, 2.05) is 29.3 Å². The molecule has 3 N–H and O–H groups in total. The highest BCUT2D eigenvalue weighted by molar-refractivity contribution is 7.99. The van der Waals surface area contributed by atoms with Crippen LogP contribution in [0.3, 0.4) is 0 Å². The third kappa shape index (κ3) is 3.24. The zero-order valence-electron chi connectivity index (χ0n) is 9.89. The van der Waals surface area contributed by atoms with Gasteiger partial charge >= 0.3 is 0 Å². The van der Waals surface area contributed by atoms with Crippen molar-refractivity contribution in [1.29, 1.82) is 0 Å². The van der Waals surface area contributed by atoms with Crippen molar-refractivity contribution in [1.82, 2.24) is 5.32 Å². The first kappa shape index (κ1) is 12.9. The molecule has 1 saturated carbocycles. The highest BCUT2D eigenvalue weighted by atomic mass is 32.2. The molecule has 1 amide bonds. The number of carbonyl (C=O) groups is 1. The van der Waals surface area contributed by atoms with Gasteiger partial charge in [-0.25, -0.2) is 0 Å². The van der Waals surface area contributed by atoms with Crippen LogP contribution in [0.1, 0.15) is 30.2 Å². The molecule has 1 aromatic rings. The van der Waals surface area contributed by atoms with Crippen LogP contribution in [0, 0.1) is 0 Å². The molecule has 1 aromatic heterocycles. The number of nitrogens with one attached hydrogen (secondary N) is 1. The van der Waals surface area contributed by atoms with E-state index in [0.29, 0.717) is 11.3 Å². The SMILES string of the molecule is CSC1CCC(NC(=O)C(N)c2cccs2)C1. The zero-order valence-corrected chi connectivity index (χ0v) is 11.5. The average Bonchev–Trinajstić information content (AvgIpc) is 2.98. The average molecular weight is 270 g/mol. The molecule has 0 aliphatic heterocycles. The first-order valence-electron chi connectivity index (χ1n) is 5.83. The van der Waals surface area contributed by atoms with Gasteiger partial charge in [-0.3, -0.25) is 4.79 Å². The molecule has 0 spiro atoms. The molecule has 3 atom stereocenters. The Labute approximate surface area is 110 Å². The summed E-state index contributed by atoms with van der Waals surface area (Å²) in [6.45, 7) is 0. The standard InChI is InChI=1S/C12H18N2OS2/c1-16-9-5-4-8(7-9)14-12(15)11(13)10-3-2-6-17-10/h2-3,6,8-9,11H,4-5,7,13H2,1H3,(H,14,15). The molecule has 17 heavy (non-hydrogen) atoms. The lowest BCUT2D eigenvalue weighted by molar-refractivity contribution is -0.123. The van der Waals surface area contributed by atoms with E-state index in [1.54, 1.807) is 0 Å². The van der Waals surface area contributed by atoms with Crippen molar-refractivity contribution in [2.45, 2.75) is 36.6 Å². The minimum atomic E-state index is -0.511. The number of rotatable bonds is 4. The number of amides is 1. The lowest BCUT2D eigenvalue weighted by Gasteiger charge is -2.16. The minimum absolute atomic E-state index is 0.0424. The predicted molar refractivity (Wildman–Crippen MR) is 74.3 cm³/mol. The molecule has 0 saturated heterocycles. The topological polar surface area (TPSA) is 55.1 Å². The Hall–Kier alpha value is -0.520. The highest BCUT2D eigenvalue weighted by Gasteiger charge is 2.27. The second kappa shape index (κ2) is 5.89. The number of carbonyl (C=O) groups excluding carboxylic acids is 1. The van der Waals surface area contributed by atoms with E-state index in [9.17, 15) is 4.79 Å². The molecule has 3 nitrogen and oxygen atoms in total. The van der Waals surface area contributed by atoms with E-state index in [4.69, 9.17) is 5.73 Å². The van der Waals surface area contributed by atoms with Crippen LogP contribution in [-0.2, 0) is 4.79 Å². The van der Waals surface area contributed by atoms with Crippen molar-refractivity contribution in [3.8, 4) is 0 Å². The molecule has 1 heterocycles. The lowest BCUT2D eigenvalue weighted by atomic mass is 10.2. The quantitative estimate of drug-likeness (QED) is 0.881. The van der Waals surface area contributed by atoms with Gasteiger partial charge in [0.25, 0.3) is 0 Å². The van der Waals surface area contributed by atoms with Gasteiger partial charge in [0, 0.05) is 16.2 Å². The van der Waals surface area contributed by atoms with Gasteiger partial charge in [0.15, 0.2) is 0 Å². The predicted octanol–water partition coefficient (Wildman–Crippen LogP) is 2.15. The summed E-state index contributed by atoms with van der Waals surface area (Å²) in [6, 6.07) is 3.63. The lowest BCUT2D eigenvalue weighted by Crippen LogP contribution is -2.39. The van der Waals surface area contributed by atoms with E-state index in [2.05, 4.69) is 11.6 Å². The normalized spacial score (nSPS) is 25.8. The Morgan fingerprint density at radius 2 is 2.47 bits per heavy atom. The number of thioether (sulfide) groups is 1. The van der Waals surface area contributed by atoms with Crippen molar-refractivity contribution in [2.75, 3.05) is 6.26 Å². The summed E-state index contributed by atoms with van der Waals surface area (Å²) in [6.07, 6.45) is 5.48. The van der Waals surface area contributed by atoms with Crippen molar-refractivity contribution in [3.63, 3.8) is 0 Å². The molecule has 0 radical (unpaired) electrons. The summed E-state index contributed by atoms with van der Waals surface area (Å²) in [5, 5.41) is 5.70. The Morgan fingerprint density at radius 1 is 1.65 bits per heavy atom. The third-order valence-corrected chi connectivity index (χ3v) is 5.25. The van der Waals surface area contributed by atoms with E-state index in [1.165, 1.54) is 17.8 Å². The van der Waals surface area contributed by atoms with Gasteiger partial charge in [-0.15, -0.1) is 11.3 Å². The first-order chi connectivity index (χ1) is 8.20. The summed E-state index contributed by atoms with van der Waals surface area (Å²) in [5.41, 5.74) is 5.92. The number of nitrogens with two attached hydrogens (primary N) is 1. The number of hydrogen-bond donors (Lipinski definition) is 2. The van der Waals surface area contributed by atoms with Crippen molar-refractivity contribution < 1.29 is 4.79 Å². The van der Waals surface area contributed by atoms with Crippen molar-refractivity contribution in [2.24, 2.45) is 5.73 Å². The van der Waals surface area contributed by atoms with Gasteiger partial charge in [0.1, 0.15) is 6.04 Å². The third-order valence-electron chi connectivity index (χ3n) is 3.20. The van der Waals surface area contributed by atoms with E-state index in [0.717, 1.165) is 17.7 Å². The molecule has 1 aliphatic rings. The van der Waals surface area contributed by atoms with Crippen LogP contribution in [0.4, 0.5) is 0 Å².